The third kappa shape index (κ3) is 3.59. The van der Waals surface area contributed by atoms with Crippen molar-refractivity contribution in [2.75, 3.05) is 26.7 Å². The summed E-state index contributed by atoms with van der Waals surface area (Å²) in [4.78, 5) is 30.1. The van der Waals surface area contributed by atoms with Gasteiger partial charge in [0.25, 0.3) is 0 Å². The van der Waals surface area contributed by atoms with Crippen LogP contribution < -0.4 is 10.4 Å². The Kier molecular flexibility index (Phi) is 5.62. The van der Waals surface area contributed by atoms with Gasteiger partial charge in [-0.1, -0.05) is 0 Å². The Morgan fingerprint density at radius 2 is 1.62 bits per heavy atom. The number of ether oxygens (including phenoxy) is 1. The van der Waals surface area contributed by atoms with Crippen LogP contribution in [0.5, 0.6) is 5.75 Å². The van der Waals surface area contributed by atoms with Gasteiger partial charge in [-0.3, -0.25) is 4.79 Å². The molecule has 1 aromatic heterocycles. The van der Waals surface area contributed by atoms with E-state index in [0.29, 0.717) is 29.2 Å². The Bertz CT molecular complexity index is 731. The quantitative estimate of drug-likeness (QED) is 0.575. The molecule has 130 valence electrons. The summed E-state index contributed by atoms with van der Waals surface area (Å²) in [6.45, 7) is 9.83. The summed E-state index contributed by atoms with van der Waals surface area (Å²) in [5.41, 5.74) is 1.20. The van der Waals surface area contributed by atoms with Gasteiger partial charge in [-0.25, -0.2) is 4.79 Å². The fourth-order valence-corrected chi connectivity index (χ4v) is 2.96. The fourth-order valence-electron chi connectivity index (χ4n) is 2.96. The molecule has 0 spiro atoms. The van der Waals surface area contributed by atoms with E-state index in [-0.39, 0.29) is 11.5 Å². The molecule has 1 heterocycles. The molecule has 0 atom stereocenters. The molecular weight excluding hydrogens is 306 g/mol. The van der Waals surface area contributed by atoms with E-state index in [1.54, 1.807) is 31.4 Å². The van der Waals surface area contributed by atoms with E-state index in [9.17, 15) is 9.59 Å². The summed E-state index contributed by atoms with van der Waals surface area (Å²) in [5.74, 6) is 0.500. The third-order valence-corrected chi connectivity index (χ3v) is 4.89. The van der Waals surface area contributed by atoms with Crippen molar-refractivity contribution in [3.8, 4) is 5.75 Å². The molecule has 2 N–H and O–H groups in total. The van der Waals surface area contributed by atoms with Gasteiger partial charge < -0.3 is 19.2 Å². The highest BCUT2D eigenvalue weighted by atomic mass is 16.5. The SMILES string of the molecule is CC[N+](CC)(CC)Cc1[nH]c(=O)[nH]c1C(=O)c1ccc(OC)cc1. The lowest BCUT2D eigenvalue weighted by molar-refractivity contribution is -0.936. The lowest BCUT2D eigenvalue weighted by atomic mass is 10.1. The van der Waals surface area contributed by atoms with Gasteiger partial charge >= 0.3 is 5.69 Å². The van der Waals surface area contributed by atoms with Crippen LogP contribution in [0.15, 0.2) is 29.1 Å². The van der Waals surface area contributed by atoms with Crippen molar-refractivity contribution in [3.63, 3.8) is 0 Å². The van der Waals surface area contributed by atoms with E-state index in [0.717, 1.165) is 24.1 Å². The Hall–Kier alpha value is -2.34. The molecule has 6 nitrogen and oxygen atoms in total. The van der Waals surface area contributed by atoms with Crippen LogP contribution in [0.2, 0.25) is 0 Å². The van der Waals surface area contributed by atoms with Crippen LogP contribution in [0.25, 0.3) is 0 Å². The zero-order valence-electron chi connectivity index (χ0n) is 14.8. The Balaban J connectivity index is 2.37. The summed E-state index contributed by atoms with van der Waals surface area (Å²) >= 11 is 0. The average Bonchev–Trinajstić information content (AvgIpc) is 2.99. The Morgan fingerprint density at radius 1 is 1.04 bits per heavy atom. The first-order chi connectivity index (χ1) is 11.5. The predicted molar refractivity (Wildman–Crippen MR) is 93.4 cm³/mol. The molecule has 24 heavy (non-hydrogen) atoms. The first-order valence-corrected chi connectivity index (χ1v) is 8.33. The van der Waals surface area contributed by atoms with Gasteiger partial charge in [0, 0.05) is 5.56 Å². The second-order valence-electron chi connectivity index (χ2n) is 5.94. The number of ketones is 1. The number of carbonyl (C=O) groups excluding carboxylic acids is 1. The minimum Gasteiger partial charge on any atom is -0.497 e. The molecule has 0 aliphatic heterocycles. The number of nitrogens with one attached hydrogen (secondary N) is 2. The van der Waals surface area contributed by atoms with Crippen molar-refractivity contribution in [3.05, 3.63) is 51.7 Å². The van der Waals surface area contributed by atoms with Crippen molar-refractivity contribution in [2.45, 2.75) is 27.3 Å². The van der Waals surface area contributed by atoms with E-state index in [4.69, 9.17) is 4.74 Å². The zero-order chi connectivity index (χ0) is 17.7. The number of quaternary nitrogens is 1. The maximum absolute atomic E-state index is 12.8. The van der Waals surface area contributed by atoms with Crippen LogP contribution >= 0.6 is 0 Å². The van der Waals surface area contributed by atoms with Gasteiger partial charge in [0.2, 0.25) is 5.78 Å². The third-order valence-electron chi connectivity index (χ3n) is 4.89. The van der Waals surface area contributed by atoms with Crippen LogP contribution in [0, 0.1) is 0 Å². The summed E-state index contributed by atoms with van der Waals surface area (Å²) in [6.07, 6.45) is 0. The number of hydrogen-bond acceptors (Lipinski definition) is 3. The van der Waals surface area contributed by atoms with Crippen molar-refractivity contribution in [2.24, 2.45) is 0 Å². The first-order valence-electron chi connectivity index (χ1n) is 8.33. The van der Waals surface area contributed by atoms with E-state index in [2.05, 4.69) is 30.7 Å². The van der Waals surface area contributed by atoms with Crippen molar-refractivity contribution >= 4 is 5.78 Å². The number of imidazole rings is 1. The molecule has 2 rings (SSSR count). The van der Waals surface area contributed by atoms with Crippen LogP contribution in [-0.4, -0.2) is 47.0 Å². The fraction of sp³-hybridized carbons (Fsp3) is 0.444. The largest absolute Gasteiger partial charge is 0.497 e. The number of rotatable bonds is 8. The second-order valence-corrected chi connectivity index (χ2v) is 5.94. The summed E-state index contributed by atoms with van der Waals surface area (Å²) in [7, 11) is 1.58. The number of H-pyrrole nitrogens is 2. The summed E-state index contributed by atoms with van der Waals surface area (Å²) in [6, 6.07) is 6.89. The maximum Gasteiger partial charge on any atom is 0.323 e. The Morgan fingerprint density at radius 3 is 2.12 bits per heavy atom. The Labute approximate surface area is 142 Å². The van der Waals surface area contributed by atoms with E-state index < -0.39 is 0 Å². The minimum absolute atomic E-state index is 0.188. The number of hydrogen-bond donors (Lipinski definition) is 2. The molecule has 6 heteroatoms. The molecule has 0 aliphatic rings. The summed E-state index contributed by atoms with van der Waals surface area (Å²) < 4.78 is 5.93. The van der Waals surface area contributed by atoms with Crippen LogP contribution in [-0.2, 0) is 6.54 Å². The number of aromatic amines is 2. The highest BCUT2D eigenvalue weighted by Gasteiger charge is 2.27. The molecule has 0 bridgehead atoms. The molecule has 0 unspecified atom stereocenters. The number of methoxy groups -OCH3 is 1. The number of benzene rings is 1. The van der Waals surface area contributed by atoms with Gasteiger partial charge in [-0.15, -0.1) is 0 Å². The van der Waals surface area contributed by atoms with Gasteiger partial charge in [-0.05, 0) is 45.0 Å². The molecule has 1 aromatic carbocycles. The lowest BCUT2D eigenvalue weighted by Gasteiger charge is -2.35. The van der Waals surface area contributed by atoms with Gasteiger partial charge in [0.05, 0.1) is 26.7 Å². The van der Waals surface area contributed by atoms with Crippen molar-refractivity contribution in [1.82, 2.24) is 9.97 Å². The highest BCUT2D eigenvalue weighted by molar-refractivity contribution is 6.08. The molecule has 0 saturated carbocycles. The molecule has 0 fully saturated rings. The minimum atomic E-state index is -0.344. The molecule has 0 radical (unpaired) electrons. The van der Waals surface area contributed by atoms with Crippen molar-refractivity contribution in [1.29, 1.82) is 0 Å². The summed E-state index contributed by atoms with van der Waals surface area (Å²) in [5, 5.41) is 0. The topological polar surface area (TPSA) is 75.0 Å². The molecule has 2 aromatic rings. The highest BCUT2D eigenvalue weighted by Crippen LogP contribution is 2.18. The molecule has 0 saturated heterocycles. The first kappa shape index (κ1) is 18.0. The number of carbonyl (C=O) groups is 1. The standard InChI is InChI=1S/C18H25N3O3/c1-5-21(6-2,7-3)12-15-16(20-18(23)19-15)17(22)13-8-10-14(24-4)11-9-13/h8-11H,5-7,12H2,1-4H3,(H-,19,20,22,23)/p+1. The zero-order valence-corrected chi connectivity index (χ0v) is 14.8. The number of aromatic nitrogens is 2. The van der Waals surface area contributed by atoms with Crippen LogP contribution in [0.1, 0.15) is 42.5 Å². The van der Waals surface area contributed by atoms with E-state index in [1.807, 2.05) is 0 Å². The number of nitrogens with zero attached hydrogens (tertiary/aromatic N) is 1. The van der Waals surface area contributed by atoms with E-state index >= 15 is 0 Å². The second kappa shape index (κ2) is 7.49. The van der Waals surface area contributed by atoms with Crippen LogP contribution in [0.4, 0.5) is 0 Å². The van der Waals surface area contributed by atoms with Gasteiger partial charge in [0.1, 0.15) is 23.7 Å². The van der Waals surface area contributed by atoms with E-state index in [1.165, 1.54) is 0 Å². The van der Waals surface area contributed by atoms with Gasteiger partial charge in [-0.2, -0.15) is 0 Å². The molecular formula is C18H26N3O3+. The normalized spacial score (nSPS) is 11.5. The van der Waals surface area contributed by atoms with Gasteiger partial charge in [0.15, 0.2) is 0 Å². The predicted octanol–water partition coefficient (Wildman–Crippen LogP) is 2.32. The maximum atomic E-state index is 12.8. The van der Waals surface area contributed by atoms with Crippen molar-refractivity contribution < 1.29 is 14.0 Å². The smallest absolute Gasteiger partial charge is 0.323 e. The molecule has 0 aliphatic carbocycles. The average molecular weight is 332 g/mol. The lowest BCUT2D eigenvalue weighted by Crippen LogP contribution is -2.47. The molecule has 0 amide bonds. The monoisotopic (exact) mass is 332 g/mol. The van der Waals surface area contributed by atoms with Crippen LogP contribution in [0.3, 0.4) is 0 Å².